The highest BCUT2D eigenvalue weighted by atomic mass is 16.5. The highest BCUT2D eigenvalue weighted by Gasteiger charge is 2.34. The van der Waals surface area contributed by atoms with Gasteiger partial charge in [-0.05, 0) is 55.2 Å². The smallest absolute Gasteiger partial charge is 0.119 e. The fourth-order valence-corrected chi connectivity index (χ4v) is 3.82. The van der Waals surface area contributed by atoms with E-state index in [1.165, 1.54) is 44.1 Å². The summed E-state index contributed by atoms with van der Waals surface area (Å²) in [5.74, 6) is 2.74. The van der Waals surface area contributed by atoms with Gasteiger partial charge in [0, 0.05) is 5.41 Å². The molecule has 2 fully saturated rings. The molecule has 3 rings (SSSR count). The SMILES string of the molecule is CCCC1CCC(c2ccc(OCC3(C)COC3)cc2)CC1. The molecule has 0 aromatic heterocycles. The molecule has 22 heavy (non-hydrogen) atoms. The second-order valence-corrected chi connectivity index (χ2v) is 7.67. The van der Waals surface area contributed by atoms with Crippen LogP contribution in [0.3, 0.4) is 0 Å². The third-order valence-corrected chi connectivity index (χ3v) is 5.38. The van der Waals surface area contributed by atoms with Crippen molar-refractivity contribution in [1.82, 2.24) is 0 Å². The fourth-order valence-electron chi connectivity index (χ4n) is 3.82. The van der Waals surface area contributed by atoms with Crippen LogP contribution < -0.4 is 4.74 Å². The van der Waals surface area contributed by atoms with Gasteiger partial charge in [-0.15, -0.1) is 0 Å². The molecule has 0 radical (unpaired) electrons. The van der Waals surface area contributed by atoms with E-state index in [9.17, 15) is 0 Å². The summed E-state index contributed by atoms with van der Waals surface area (Å²) in [5, 5.41) is 0. The molecule has 1 aromatic carbocycles. The topological polar surface area (TPSA) is 18.5 Å². The van der Waals surface area contributed by atoms with E-state index in [1.807, 2.05) is 0 Å². The molecule has 2 nitrogen and oxygen atoms in total. The standard InChI is InChI=1S/C20H30O2/c1-3-4-16-5-7-17(8-6-16)18-9-11-19(12-10-18)22-15-20(2)13-21-14-20/h9-12,16-17H,3-8,13-15H2,1-2H3. The first-order valence-corrected chi connectivity index (χ1v) is 8.99. The number of benzene rings is 1. The molecule has 0 amide bonds. The summed E-state index contributed by atoms with van der Waals surface area (Å²) in [6.07, 6.45) is 8.30. The molecular formula is C20H30O2. The Morgan fingerprint density at radius 3 is 2.32 bits per heavy atom. The number of ether oxygens (including phenoxy) is 2. The zero-order chi connectivity index (χ0) is 15.4. The molecule has 0 atom stereocenters. The summed E-state index contributed by atoms with van der Waals surface area (Å²) in [4.78, 5) is 0. The Balaban J connectivity index is 1.49. The zero-order valence-electron chi connectivity index (χ0n) is 14.1. The Labute approximate surface area is 135 Å². The maximum absolute atomic E-state index is 5.92. The minimum Gasteiger partial charge on any atom is -0.493 e. The molecule has 1 aromatic rings. The van der Waals surface area contributed by atoms with E-state index in [0.717, 1.165) is 37.4 Å². The molecule has 0 N–H and O–H groups in total. The Morgan fingerprint density at radius 1 is 1.09 bits per heavy atom. The summed E-state index contributed by atoms with van der Waals surface area (Å²) < 4.78 is 11.2. The van der Waals surface area contributed by atoms with E-state index in [1.54, 1.807) is 0 Å². The third kappa shape index (κ3) is 3.84. The second kappa shape index (κ2) is 7.04. The molecule has 1 aliphatic carbocycles. The lowest BCUT2D eigenvalue weighted by molar-refractivity contribution is -0.120. The van der Waals surface area contributed by atoms with Crippen LogP contribution in [0.5, 0.6) is 5.75 Å². The van der Waals surface area contributed by atoms with Crippen LogP contribution in [0, 0.1) is 11.3 Å². The number of hydrogen-bond acceptors (Lipinski definition) is 2. The monoisotopic (exact) mass is 302 g/mol. The molecule has 0 unspecified atom stereocenters. The van der Waals surface area contributed by atoms with Crippen LogP contribution in [0.2, 0.25) is 0 Å². The summed E-state index contributed by atoms with van der Waals surface area (Å²) in [6.45, 7) is 6.94. The van der Waals surface area contributed by atoms with Gasteiger partial charge in [-0.3, -0.25) is 0 Å². The van der Waals surface area contributed by atoms with E-state index in [-0.39, 0.29) is 5.41 Å². The maximum Gasteiger partial charge on any atom is 0.119 e. The van der Waals surface area contributed by atoms with Crippen molar-refractivity contribution in [3.05, 3.63) is 29.8 Å². The van der Waals surface area contributed by atoms with Crippen molar-refractivity contribution in [3.63, 3.8) is 0 Å². The second-order valence-electron chi connectivity index (χ2n) is 7.67. The van der Waals surface area contributed by atoms with E-state index in [4.69, 9.17) is 9.47 Å². The summed E-state index contributed by atoms with van der Waals surface area (Å²) in [6, 6.07) is 8.85. The third-order valence-electron chi connectivity index (χ3n) is 5.38. The Morgan fingerprint density at radius 2 is 1.77 bits per heavy atom. The lowest BCUT2D eigenvalue weighted by Crippen LogP contribution is -2.44. The number of rotatable bonds is 6. The Bertz CT molecular complexity index is 453. The van der Waals surface area contributed by atoms with Crippen molar-refractivity contribution >= 4 is 0 Å². The van der Waals surface area contributed by atoms with Crippen LogP contribution in [-0.2, 0) is 4.74 Å². The molecule has 1 heterocycles. The zero-order valence-corrected chi connectivity index (χ0v) is 14.1. The van der Waals surface area contributed by atoms with Gasteiger partial charge in [0.1, 0.15) is 5.75 Å². The quantitative estimate of drug-likeness (QED) is 0.721. The summed E-state index contributed by atoms with van der Waals surface area (Å²) in [5.41, 5.74) is 1.72. The van der Waals surface area contributed by atoms with Crippen LogP contribution in [-0.4, -0.2) is 19.8 Å². The van der Waals surface area contributed by atoms with Crippen LogP contribution in [0.1, 0.15) is 63.9 Å². The molecule has 2 aliphatic rings. The van der Waals surface area contributed by atoms with Gasteiger partial charge in [-0.1, -0.05) is 38.8 Å². The van der Waals surface area contributed by atoms with Crippen molar-refractivity contribution in [3.8, 4) is 5.75 Å². The minimum atomic E-state index is 0.219. The van der Waals surface area contributed by atoms with E-state index in [0.29, 0.717) is 0 Å². The van der Waals surface area contributed by atoms with Crippen molar-refractivity contribution in [2.75, 3.05) is 19.8 Å². The molecule has 0 bridgehead atoms. The fraction of sp³-hybridized carbons (Fsp3) is 0.700. The normalized spacial score (nSPS) is 27.2. The van der Waals surface area contributed by atoms with Crippen LogP contribution in [0.25, 0.3) is 0 Å². The molecule has 1 saturated carbocycles. The highest BCUT2D eigenvalue weighted by molar-refractivity contribution is 5.29. The van der Waals surface area contributed by atoms with Gasteiger partial charge in [-0.2, -0.15) is 0 Å². The molecular weight excluding hydrogens is 272 g/mol. The maximum atomic E-state index is 5.92. The van der Waals surface area contributed by atoms with Gasteiger partial charge in [0.25, 0.3) is 0 Å². The van der Waals surface area contributed by atoms with Crippen molar-refractivity contribution in [1.29, 1.82) is 0 Å². The first kappa shape index (κ1) is 15.9. The number of hydrogen-bond donors (Lipinski definition) is 0. The van der Waals surface area contributed by atoms with E-state index in [2.05, 4.69) is 38.1 Å². The minimum absolute atomic E-state index is 0.219. The van der Waals surface area contributed by atoms with Gasteiger partial charge in [-0.25, -0.2) is 0 Å². The van der Waals surface area contributed by atoms with Gasteiger partial charge in [0.05, 0.1) is 19.8 Å². The molecule has 1 aliphatic heterocycles. The largest absolute Gasteiger partial charge is 0.493 e. The first-order chi connectivity index (χ1) is 10.7. The summed E-state index contributed by atoms with van der Waals surface area (Å²) in [7, 11) is 0. The van der Waals surface area contributed by atoms with Crippen LogP contribution >= 0.6 is 0 Å². The van der Waals surface area contributed by atoms with Gasteiger partial charge in [0.2, 0.25) is 0 Å². The predicted molar refractivity (Wildman–Crippen MR) is 90.5 cm³/mol. The molecule has 0 spiro atoms. The highest BCUT2D eigenvalue weighted by Crippen LogP contribution is 2.38. The average molecular weight is 302 g/mol. The lowest BCUT2D eigenvalue weighted by atomic mass is 9.77. The van der Waals surface area contributed by atoms with Gasteiger partial charge >= 0.3 is 0 Å². The Kier molecular flexibility index (Phi) is 5.07. The van der Waals surface area contributed by atoms with Gasteiger partial charge < -0.3 is 9.47 Å². The van der Waals surface area contributed by atoms with Crippen molar-refractivity contribution in [2.24, 2.45) is 11.3 Å². The lowest BCUT2D eigenvalue weighted by Gasteiger charge is -2.37. The summed E-state index contributed by atoms with van der Waals surface area (Å²) >= 11 is 0. The van der Waals surface area contributed by atoms with Crippen LogP contribution in [0.15, 0.2) is 24.3 Å². The van der Waals surface area contributed by atoms with Gasteiger partial charge in [0.15, 0.2) is 0 Å². The predicted octanol–water partition coefficient (Wildman–Crippen LogP) is 5.18. The van der Waals surface area contributed by atoms with E-state index >= 15 is 0 Å². The first-order valence-electron chi connectivity index (χ1n) is 8.99. The van der Waals surface area contributed by atoms with Crippen molar-refractivity contribution < 1.29 is 9.47 Å². The molecule has 2 heteroatoms. The molecule has 1 saturated heterocycles. The average Bonchev–Trinajstić information content (AvgIpc) is 2.53. The van der Waals surface area contributed by atoms with Crippen LogP contribution in [0.4, 0.5) is 0 Å². The van der Waals surface area contributed by atoms with Crippen molar-refractivity contribution in [2.45, 2.75) is 58.3 Å². The van der Waals surface area contributed by atoms with E-state index < -0.39 is 0 Å². The Hall–Kier alpha value is -1.02. The molecule has 122 valence electrons.